The zero-order chi connectivity index (χ0) is 18.9. The van der Waals surface area contributed by atoms with E-state index < -0.39 is 0 Å². The van der Waals surface area contributed by atoms with Crippen LogP contribution in [-0.2, 0) is 11.2 Å². The molecule has 1 aliphatic rings. The van der Waals surface area contributed by atoms with Crippen LogP contribution in [0.15, 0.2) is 4.79 Å². The zero-order valence-corrected chi connectivity index (χ0v) is 17.1. The van der Waals surface area contributed by atoms with Gasteiger partial charge in [-0.3, -0.25) is 9.59 Å². The molecule has 7 heteroatoms. The Balaban J connectivity index is 0.00000364. The molecule has 6 nitrogen and oxygen atoms in total. The van der Waals surface area contributed by atoms with E-state index in [2.05, 4.69) is 15.6 Å². The van der Waals surface area contributed by atoms with Crippen molar-refractivity contribution in [1.29, 1.82) is 5.26 Å². The maximum absolute atomic E-state index is 12.1. The lowest BCUT2D eigenvalue weighted by Gasteiger charge is -2.16. The van der Waals surface area contributed by atoms with Crippen molar-refractivity contribution < 1.29 is 4.79 Å². The summed E-state index contributed by atoms with van der Waals surface area (Å²) in [6, 6.07) is 2.53. The second kappa shape index (κ2) is 11.8. The third kappa shape index (κ3) is 7.00. The lowest BCUT2D eigenvalue weighted by molar-refractivity contribution is -0.121. The highest BCUT2D eigenvalue weighted by atomic mass is 35.5. The Morgan fingerprint density at radius 2 is 1.85 bits per heavy atom. The predicted octanol–water partition coefficient (Wildman–Crippen LogP) is 2.65. The van der Waals surface area contributed by atoms with Crippen LogP contribution in [0.2, 0.25) is 0 Å². The van der Waals surface area contributed by atoms with E-state index in [9.17, 15) is 9.59 Å². The normalized spacial score (nSPS) is 14.7. The number of hydrogen-bond donors (Lipinski definition) is 3. The number of aryl methyl sites for hydroxylation is 1. The molecule has 0 unspecified atom stereocenters. The number of aromatic nitrogens is 1. The number of pyridine rings is 1. The Morgan fingerprint density at radius 3 is 2.48 bits per heavy atom. The van der Waals surface area contributed by atoms with Crippen LogP contribution in [-0.4, -0.2) is 30.0 Å². The molecule has 3 N–H and O–H groups in total. The molecule has 1 aliphatic carbocycles. The summed E-state index contributed by atoms with van der Waals surface area (Å²) >= 11 is 0. The minimum absolute atomic E-state index is 0. The number of carbonyl (C=O) groups excluding carboxylic acids is 1. The maximum atomic E-state index is 12.1. The highest BCUT2D eigenvalue weighted by molar-refractivity contribution is 5.85. The number of nitrogens with zero attached hydrogens (tertiary/aromatic N) is 1. The summed E-state index contributed by atoms with van der Waals surface area (Å²) in [7, 11) is 0. The third-order valence-electron chi connectivity index (χ3n) is 5.26. The van der Waals surface area contributed by atoms with Gasteiger partial charge in [0, 0.05) is 31.2 Å². The van der Waals surface area contributed by atoms with Gasteiger partial charge in [-0.15, -0.1) is 12.4 Å². The Morgan fingerprint density at radius 1 is 1.19 bits per heavy atom. The molecule has 1 amide bonds. The number of rotatable bonds is 7. The number of H-pyrrole nitrogens is 1. The Hall–Kier alpha value is -1.84. The van der Waals surface area contributed by atoms with Gasteiger partial charge in [-0.1, -0.05) is 25.7 Å². The molecular weight excluding hydrogens is 364 g/mol. The van der Waals surface area contributed by atoms with Gasteiger partial charge in [-0.05, 0) is 44.2 Å². The van der Waals surface area contributed by atoms with Crippen LogP contribution in [0.5, 0.6) is 0 Å². The van der Waals surface area contributed by atoms with Crippen molar-refractivity contribution in [2.75, 3.05) is 13.1 Å². The Kier molecular flexibility index (Phi) is 10.1. The summed E-state index contributed by atoms with van der Waals surface area (Å²) in [5.74, 6) is -0.00354. The fraction of sp³-hybridized carbons (Fsp3) is 0.650. The van der Waals surface area contributed by atoms with E-state index in [1.807, 2.05) is 6.07 Å². The minimum Gasteiger partial charge on any atom is -0.355 e. The maximum Gasteiger partial charge on any atom is 0.266 e. The van der Waals surface area contributed by atoms with Crippen LogP contribution in [0.1, 0.15) is 67.3 Å². The largest absolute Gasteiger partial charge is 0.355 e. The average Bonchev–Trinajstić information content (AvgIpc) is 2.87. The second-order valence-corrected chi connectivity index (χ2v) is 7.16. The van der Waals surface area contributed by atoms with Gasteiger partial charge in [0.2, 0.25) is 5.91 Å². The molecule has 1 saturated carbocycles. The highest BCUT2D eigenvalue weighted by Crippen LogP contribution is 2.17. The first-order valence-electron chi connectivity index (χ1n) is 9.65. The molecule has 150 valence electrons. The summed E-state index contributed by atoms with van der Waals surface area (Å²) in [4.78, 5) is 26.5. The monoisotopic (exact) mass is 394 g/mol. The number of halogens is 1. The topological polar surface area (TPSA) is 97.8 Å². The number of aromatic amines is 1. The van der Waals surface area contributed by atoms with Crippen molar-refractivity contribution in [3.05, 3.63) is 32.7 Å². The van der Waals surface area contributed by atoms with E-state index in [-0.39, 0.29) is 29.4 Å². The number of nitrogens with one attached hydrogen (secondary N) is 3. The van der Waals surface area contributed by atoms with Gasteiger partial charge in [-0.25, -0.2) is 0 Å². The average molecular weight is 395 g/mol. The lowest BCUT2D eigenvalue weighted by atomic mass is 9.99. The van der Waals surface area contributed by atoms with Gasteiger partial charge in [0.25, 0.3) is 5.56 Å². The summed E-state index contributed by atoms with van der Waals surface area (Å²) < 4.78 is 0. The fourth-order valence-corrected chi connectivity index (χ4v) is 3.71. The fourth-order valence-electron chi connectivity index (χ4n) is 3.71. The molecule has 0 spiro atoms. The summed E-state index contributed by atoms with van der Waals surface area (Å²) in [6.45, 7) is 5.00. The van der Waals surface area contributed by atoms with Gasteiger partial charge in [0.1, 0.15) is 11.6 Å². The van der Waals surface area contributed by atoms with Crippen LogP contribution < -0.4 is 16.2 Å². The zero-order valence-electron chi connectivity index (χ0n) is 16.3. The van der Waals surface area contributed by atoms with Crippen molar-refractivity contribution in [3.8, 4) is 6.07 Å². The molecule has 2 rings (SSSR count). The van der Waals surface area contributed by atoms with Crippen molar-refractivity contribution in [3.63, 3.8) is 0 Å². The van der Waals surface area contributed by atoms with Gasteiger partial charge in [-0.2, -0.15) is 5.26 Å². The van der Waals surface area contributed by atoms with Crippen molar-refractivity contribution >= 4 is 18.3 Å². The summed E-state index contributed by atoms with van der Waals surface area (Å²) in [5.41, 5.74) is 2.07. The first kappa shape index (κ1) is 23.2. The third-order valence-corrected chi connectivity index (χ3v) is 5.26. The molecule has 0 bridgehead atoms. The van der Waals surface area contributed by atoms with Crippen molar-refractivity contribution in [2.24, 2.45) is 0 Å². The molecule has 1 heterocycles. The van der Waals surface area contributed by atoms with Crippen LogP contribution >= 0.6 is 12.4 Å². The van der Waals surface area contributed by atoms with Crippen LogP contribution in [0, 0.1) is 25.2 Å². The molecule has 27 heavy (non-hydrogen) atoms. The van der Waals surface area contributed by atoms with E-state index in [1.54, 1.807) is 13.8 Å². The standard InChI is InChI=1S/C20H30N4O2.ClH/c1-14-17(15(2)24-20(26)18(14)13-21)9-10-19(25)23-12-11-22-16-7-5-3-4-6-8-16;/h16,22H,3-12H2,1-2H3,(H,23,25)(H,24,26);1H. The van der Waals surface area contributed by atoms with Crippen LogP contribution in [0.3, 0.4) is 0 Å². The lowest BCUT2D eigenvalue weighted by Crippen LogP contribution is -2.37. The SMILES string of the molecule is Cc1[nH]c(=O)c(C#N)c(C)c1CCC(=O)NCCNC1CCCCCC1.Cl. The number of amides is 1. The van der Waals surface area contributed by atoms with Crippen LogP contribution in [0.4, 0.5) is 0 Å². The molecule has 0 atom stereocenters. The molecule has 1 aromatic heterocycles. The van der Waals surface area contributed by atoms with Gasteiger partial charge >= 0.3 is 0 Å². The van der Waals surface area contributed by atoms with E-state index in [4.69, 9.17) is 5.26 Å². The Labute approximate surface area is 167 Å². The first-order valence-corrected chi connectivity index (χ1v) is 9.65. The predicted molar refractivity (Wildman–Crippen MR) is 109 cm³/mol. The molecule has 0 aromatic carbocycles. The molecule has 0 aliphatic heterocycles. The van der Waals surface area contributed by atoms with Gasteiger partial charge in [0.15, 0.2) is 0 Å². The second-order valence-electron chi connectivity index (χ2n) is 7.16. The number of nitriles is 1. The molecule has 1 fully saturated rings. The molecular formula is C20H31ClN4O2. The molecule has 0 radical (unpaired) electrons. The highest BCUT2D eigenvalue weighted by Gasteiger charge is 2.14. The van der Waals surface area contributed by atoms with Crippen LogP contribution in [0.25, 0.3) is 0 Å². The summed E-state index contributed by atoms with van der Waals surface area (Å²) in [5, 5.41) is 15.6. The van der Waals surface area contributed by atoms with Gasteiger partial charge in [0.05, 0.1) is 0 Å². The first-order chi connectivity index (χ1) is 12.5. The molecule has 1 aromatic rings. The Bertz CT molecular complexity index is 716. The number of carbonyl (C=O) groups is 1. The minimum atomic E-state index is -0.361. The summed E-state index contributed by atoms with van der Waals surface area (Å²) in [6.07, 6.45) is 8.62. The van der Waals surface area contributed by atoms with Crippen molar-refractivity contribution in [2.45, 2.75) is 71.3 Å². The number of hydrogen-bond acceptors (Lipinski definition) is 4. The van der Waals surface area contributed by atoms with E-state index in [0.717, 1.165) is 17.8 Å². The van der Waals surface area contributed by atoms with Crippen molar-refractivity contribution in [1.82, 2.24) is 15.6 Å². The van der Waals surface area contributed by atoms with E-state index in [1.165, 1.54) is 38.5 Å². The van der Waals surface area contributed by atoms with Gasteiger partial charge < -0.3 is 15.6 Å². The quantitative estimate of drug-likeness (QED) is 0.489. The molecule has 0 saturated heterocycles. The van der Waals surface area contributed by atoms with E-state index in [0.29, 0.717) is 31.0 Å². The van der Waals surface area contributed by atoms with E-state index >= 15 is 0 Å². The smallest absolute Gasteiger partial charge is 0.266 e.